The molecule has 1 aliphatic heterocycles. The van der Waals surface area contributed by atoms with Crippen LogP contribution in [-0.4, -0.2) is 69.7 Å². The number of fused-ring (bicyclic) bond motifs is 1. The van der Waals surface area contributed by atoms with Gasteiger partial charge in [0.1, 0.15) is 29.0 Å². The van der Waals surface area contributed by atoms with E-state index in [1.807, 2.05) is 17.9 Å². The van der Waals surface area contributed by atoms with Crippen LogP contribution < -0.4 is 15.8 Å². The zero-order chi connectivity index (χ0) is 28.5. The number of likely N-dealkylation sites (tertiary alicyclic amines) is 1. The van der Waals surface area contributed by atoms with Crippen molar-refractivity contribution in [2.45, 2.75) is 45.4 Å². The van der Waals surface area contributed by atoms with Crippen molar-refractivity contribution in [3.05, 3.63) is 53.1 Å². The molecule has 0 atom stereocenters. The van der Waals surface area contributed by atoms with Gasteiger partial charge in [-0.3, -0.25) is 9.69 Å². The second kappa shape index (κ2) is 10.8. The maximum atomic E-state index is 14.6. The minimum atomic E-state index is -1.08. The van der Waals surface area contributed by atoms with Gasteiger partial charge in [-0.2, -0.15) is 0 Å². The van der Waals surface area contributed by atoms with Gasteiger partial charge in [-0.15, -0.1) is 0 Å². The summed E-state index contributed by atoms with van der Waals surface area (Å²) in [7, 11) is 1.54. The van der Waals surface area contributed by atoms with Gasteiger partial charge in [0.2, 0.25) is 5.91 Å². The van der Waals surface area contributed by atoms with Crippen LogP contribution >= 0.6 is 11.6 Å². The van der Waals surface area contributed by atoms with Gasteiger partial charge in [-0.1, -0.05) is 24.6 Å². The van der Waals surface area contributed by atoms with Crippen LogP contribution in [0.5, 0.6) is 5.75 Å². The lowest BCUT2D eigenvalue weighted by atomic mass is 9.86. The summed E-state index contributed by atoms with van der Waals surface area (Å²) >= 11 is 5.95. The van der Waals surface area contributed by atoms with E-state index >= 15 is 0 Å². The molecule has 3 N–H and O–H groups in total. The fourth-order valence-corrected chi connectivity index (χ4v) is 4.77. The van der Waals surface area contributed by atoms with E-state index in [1.54, 1.807) is 46.1 Å². The van der Waals surface area contributed by atoms with Gasteiger partial charge in [0.25, 0.3) is 0 Å². The number of nitrogens with two attached hydrogens (primary N) is 1. The number of hydrogen-bond donors (Lipinski definition) is 2. The van der Waals surface area contributed by atoms with Crippen molar-refractivity contribution in [2.75, 3.05) is 32.1 Å². The molecule has 2 amide bonds. The Kier molecular flexibility index (Phi) is 7.85. The molecule has 39 heavy (non-hydrogen) atoms. The van der Waals surface area contributed by atoms with Gasteiger partial charge >= 0.3 is 6.09 Å². The summed E-state index contributed by atoms with van der Waals surface area (Å²) in [6.45, 7) is 8.21. The highest BCUT2D eigenvalue weighted by atomic mass is 35.5. The number of halogens is 2. The molecule has 4 rings (SSSR count). The number of nitrogens with one attached hydrogen (secondary N) is 1. The van der Waals surface area contributed by atoms with Crippen LogP contribution in [0.15, 0.2) is 36.7 Å². The number of amides is 2. The molecule has 0 saturated carbocycles. The number of methoxy groups -OCH3 is 1. The summed E-state index contributed by atoms with van der Waals surface area (Å²) in [4.78, 5) is 37.3. The first-order valence-electron chi connectivity index (χ1n) is 12.4. The Labute approximate surface area is 231 Å². The molecule has 1 aromatic heterocycles. The Bertz CT molecular complexity index is 1410. The van der Waals surface area contributed by atoms with Crippen molar-refractivity contribution >= 4 is 46.0 Å². The van der Waals surface area contributed by atoms with Crippen LogP contribution in [0.1, 0.15) is 33.3 Å². The third kappa shape index (κ3) is 5.69. The number of carbonyl (C=O) groups excluding carboxylic acids is 2. The first kappa shape index (κ1) is 28.3. The zero-order valence-corrected chi connectivity index (χ0v) is 23.3. The number of aromatic nitrogens is 2. The standard InChI is InChI=1S/C27H32ClFN6O4/c1-6-35(27(24(30)36)13-34(14-27)25(37)39-26(2,3)4)12-16-10-17-20(11-21(16)38-5)31-15-32-23(17)33-19-9-7-8-18(28)22(19)29/h7-11,15H,6,12-14H2,1-5H3,(H2,30,36)(H,31,32,33). The lowest BCUT2D eigenvalue weighted by Gasteiger charge is -2.53. The molecule has 0 spiro atoms. The third-order valence-corrected chi connectivity index (χ3v) is 6.90. The average Bonchev–Trinajstić information content (AvgIpc) is 2.84. The summed E-state index contributed by atoms with van der Waals surface area (Å²) in [5.41, 5.74) is 5.61. The largest absolute Gasteiger partial charge is 0.496 e. The van der Waals surface area contributed by atoms with Crippen LogP contribution in [0.3, 0.4) is 0 Å². The minimum Gasteiger partial charge on any atom is -0.496 e. The lowest BCUT2D eigenvalue weighted by molar-refractivity contribution is -0.143. The fraction of sp³-hybridized carbons (Fsp3) is 0.407. The lowest BCUT2D eigenvalue weighted by Crippen LogP contribution is -2.76. The van der Waals surface area contributed by atoms with Gasteiger partial charge in [0, 0.05) is 23.6 Å². The van der Waals surface area contributed by atoms with Crippen molar-refractivity contribution < 1.29 is 23.5 Å². The molecule has 10 nitrogen and oxygen atoms in total. The van der Waals surface area contributed by atoms with Gasteiger partial charge in [-0.05, 0) is 45.5 Å². The number of primary amides is 1. The van der Waals surface area contributed by atoms with E-state index in [0.29, 0.717) is 29.0 Å². The monoisotopic (exact) mass is 558 g/mol. The number of ether oxygens (including phenoxy) is 2. The zero-order valence-electron chi connectivity index (χ0n) is 22.5. The number of anilines is 2. The Balaban J connectivity index is 1.66. The van der Waals surface area contributed by atoms with E-state index in [9.17, 15) is 14.0 Å². The average molecular weight is 559 g/mol. The second-order valence-electron chi connectivity index (χ2n) is 10.4. The second-order valence-corrected chi connectivity index (χ2v) is 10.8. The van der Waals surface area contributed by atoms with E-state index in [1.165, 1.54) is 17.3 Å². The highest BCUT2D eigenvalue weighted by Gasteiger charge is 2.54. The molecule has 2 heterocycles. The number of benzene rings is 2. The van der Waals surface area contributed by atoms with Crippen LogP contribution in [0.25, 0.3) is 10.9 Å². The van der Waals surface area contributed by atoms with Crippen LogP contribution in [0, 0.1) is 5.82 Å². The SMILES string of the molecule is CCN(Cc1cc2c(Nc3cccc(Cl)c3F)ncnc2cc1OC)C1(C(N)=O)CN(C(=O)OC(C)(C)C)C1. The number of likely N-dealkylation sites (N-methyl/N-ethyl adjacent to an activating group) is 1. The molecule has 0 unspecified atom stereocenters. The molecule has 208 valence electrons. The number of hydrogen-bond acceptors (Lipinski definition) is 8. The summed E-state index contributed by atoms with van der Waals surface area (Å²) in [5.74, 6) is -0.217. The molecule has 0 bridgehead atoms. The Morgan fingerprint density at radius 2 is 1.97 bits per heavy atom. The normalized spacial score (nSPS) is 14.7. The smallest absolute Gasteiger partial charge is 0.410 e. The van der Waals surface area contributed by atoms with E-state index in [2.05, 4.69) is 15.3 Å². The molecule has 0 radical (unpaired) electrons. The molecule has 1 saturated heterocycles. The van der Waals surface area contributed by atoms with E-state index in [0.717, 1.165) is 5.56 Å². The third-order valence-electron chi connectivity index (χ3n) is 6.61. The van der Waals surface area contributed by atoms with Crippen LogP contribution in [-0.2, 0) is 16.1 Å². The van der Waals surface area contributed by atoms with Gasteiger partial charge < -0.3 is 25.4 Å². The molecule has 3 aromatic rings. The summed E-state index contributed by atoms with van der Waals surface area (Å²) in [6, 6.07) is 8.24. The van der Waals surface area contributed by atoms with Gasteiger partial charge in [-0.25, -0.2) is 19.2 Å². The summed E-state index contributed by atoms with van der Waals surface area (Å²) < 4.78 is 25.7. The molecule has 12 heteroatoms. The van der Waals surface area contributed by atoms with Gasteiger partial charge in [0.05, 0.1) is 36.4 Å². The van der Waals surface area contributed by atoms with Crippen molar-refractivity contribution in [1.82, 2.24) is 19.8 Å². The highest BCUT2D eigenvalue weighted by molar-refractivity contribution is 6.31. The number of carbonyl (C=O) groups is 2. The maximum Gasteiger partial charge on any atom is 0.410 e. The van der Waals surface area contributed by atoms with Crippen LogP contribution in [0.2, 0.25) is 5.02 Å². The quantitative estimate of drug-likeness (QED) is 0.415. The predicted octanol–water partition coefficient (Wildman–Crippen LogP) is 4.47. The van der Waals surface area contributed by atoms with Crippen molar-refractivity contribution in [3.63, 3.8) is 0 Å². The number of rotatable bonds is 8. The van der Waals surface area contributed by atoms with E-state index in [-0.39, 0.29) is 30.3 Å². The van der Waals surface area contributed by atoms with Crippen LogP contribution in [0.4, 0.5) is 20.7 Å². The molecule has 1 aliphatic rings. The topological polar surface area (TPSA) is 123 Å². The maximum absolute atomic E-state index is 14.6. The molecular formula is C27H32ClFN6O4. The molecule has 0 aliphatic carbocycles. The first-order valence-corrected chi connectivity index (χ1v) is 12.8. The van der Waals surface area contributed by atoms with E-state index < -0.39 is 29.0 Å². The minimum absolute atomic E-state index is 0.0167. The summed E-state index contributed by atoms with van der Waals surface area (Å²) in [5, 5.41) is 3.59. The van der Waals surface area contributed by atoms with E-state index in [4.69, 9.17) is 26.8 Å². The van der Waals surface area contributed by atoms with Crippen molar-refractivity contribution in [3.8, 4) is 5.75 Å². The molecular weight excluding hydrogens is 527 g/mol. The Hall–Kier alpha value is -3.70. The Morgan fingerprint density at radius 3 is 2.59 bits per heavy atom. The highest BCUT2D eigenvalue weighted by Crippen LogP contribution is 2.35. The Morgan fingerprint density at radius 1 is 1.26 bits per heavy atom. The van der Waals surface area contributed by atoms with Gasteiger partial charge in [0.15, 0.2) is 5.82 Å². The first-order chi connectivity index (χ1) is 18.4. The summed E-state index contributed by atoms with van der Waals surface area (Å²) in [6.07, 6.45) is 0.867. The van der Waals surface area contributed by atoms with Crippen molar-refractivity contribution in [2.24, 2.45) is 5.73 Å². The number of nitrogens with zero attached hydrogens (tertiary/aromatic N) is 4. The molecule has 1 fully saturated rings. The predicted molar refractivity (Wildman–Crippen MR) is 147 cm³/mol. The van der Waals surface area contributed by atoms with Crippen molar-refractivity contribution in [1.29, 1.82) is 0 Å². The molecule has 2 aromatic carbocycles. The fourth-order valence-electron chi connectivity index (χ4n) is 4.59.